The van der Waals surface area contributed by atoms with Gasteiger partial charge in [-0.2, -0.15) is 0 Å². The minimum atomic E-state index is -0.0155. The van der Waals surface area contributed by atoms with Gasteiger partial charge in [0.2, 0.25) is 0 Å². The van der Waals surface area contributed by atoms with Crippen molar-refractivity contribution < 1.29 is 4.74 Å². The standard InChI is InChI=1S/C15H26N2O/c1-9(2)13(8-16)14(17)12-6-10(3)15(18-5)11(4)7-12/h6-7,9,13-14H,8,16-17H2,1-5H3. The normalized spacial score (nSPS) is 14.7. The first-order valence-corrected chi connectivity index (χ1v) is 6.53. The summed E-state index contributed by atoms with van der Waals surface area (Å²) in [7, 11) is 1.70. The van der Waals surface area contributed by atoms with Gasteiger partial charge < -0.3 is 16.2 Å². The number of aryl methyl sites for hydroxylation is 2. The fourth-order valence-corrected chi connectivity index (χ4v) is 2.58. The van der Waals surface area contributed by atoms with E-state index in [1.54, 1.807) is 7.11 Å². The van der Waals surface area contributed by atoms with Crippen molar-refractivity contribution in [1.82, 2.24) is 0 Å². The highest BCUT2D eigenvalue weighted by molar-refractivity contribution is 5.44. The molecule has 3 nitrogen and oxygen atoms in total. The van der Waals surface area contributed by atoms with Crippen molar-refractivity contribution in [3.05, 3.63) is 28.8 Å². The van der Waals surface area contributed by atoms with Crippen molar-refractivity contribution >= 4 is 0 Å². The minimum absolute atomic E-state index is 0.0155. The molecule has 0 aliphatic heterocycles. The predicted octanol–water partition coefficient (Wildman–Crippen LogP) is 2.54. The predicted molar refractivity (Wildman–Crippen MR) is 76.8 cm³/mol. The van der Waals surface area contributed by atoms with Gasteiger partial charge in [-0.05, 0) is 48.9 Å². The molecule has 18 heavy (non-hydrogen) atoms. The zero-order valence-corrected chi connectivity index (χ0v) is 12.2. The van der Waals surface area contributed by atoms with Crippen LogP contribution in [0.15, 0.2) is 12.1 Å². The summed E-state index contributed by atoms with van der Waals surface area (Å²) in [5.74, 6) is 1.73. The SMILES string of the molecule is COc1c(C)cc(C(N)C(CN)C(C)C)cc1C. The molecule has 3 heteroatoms. The zero-order valence-electron chi connectivity index (χ0n) is 12.2. The molecule has 0 fully saturated rings. The summed E-state index contributed by atoms with van der Waals surface area (Å²) in [5, 5.41) is 0. The first-order chi connectivity index (χ1) is 8.42. The lowest BCUT2D eigenvalue weighted by Crippen LogP contribution is -2.31. The summed E-state index contributed by atoms with van der Waals surface area (Å²) < 4.78 is 5.38. The molecule has 4 N–H and O–H groups in total. The molecular weight excluding hydrogens is 224 g/mol. The largest absolute Gasteiger partial charge is 0.496 e. The molecule has 0 bridgehead atoms. The second-order valence-corrected chi connectivity index (χ2v) is 5.36. The summed E-state index contributed by atoms with van der Waals surface area (Å²) in [6.07, 6.45) is 0. The third-order valence-electron chi connectivity index (χ3n) is 3.66. The van der Waals surface area contributed by atoms with Crippen LogP contribution in [0.3, 0.4) is 0 Å². The highest BCUT2D eigenvalue weighted by Crippen LogP contribution is 2.31. The summed E-state index contributed by atoms with van der Waals surface area (Å²) >= 11 is 0. The molecule has 2 unspecified atom stereocenters. The molecule has 1 aromatic carbocycles. The van der Waals surface area contributed by atoms with Gasteiger partial charge in [0.05, 0.1) is 7.11 Å². The monoisotopic (exact) mass is 250 g/mol. The van der Waals surface area contributed by atoms with Crippen molar-refractivity contribution in [2.45, 2.75) is 33.7 Å². The molecule has 0 saturated carbocycles. The van der Waals surface area contributed by atoms with Gasteiger partial charge in [-0.25, -0.2) is 0 Å². The van der Waals surface area contributed by atoms with Gasteiger partial charge in [0.25, 0.3) is 0 Å². The maximum Gasteiger partial charge on any atom is 0.124 e. The van der Waals surface area contributed by atoms with Gasteiger partial charge in [-0.1, -0.05) is 26.0 Å². The van der Waals surface area contributed by atoms with E-state index in [-0.39, 0.29) is 6.04 Å². The van der Waals surface area contributed by atoms with Crippen LogP contribution < -0.4 is 16.2 Å². The molecule has 0 amide bonds. The van der Waals surface area contributed by atoms with Crippen molar-refractivity contribution in [2.75, 3.05) is 13.7 Å². The van der Waals surface area contributed by atoms with Gasteiger partial charge in [0.15, 0.2) is 0 Å². The van der Waals surface area contributed by atoms with Gasteiger partial charge in [0, 0.05) is 6.04 Å². The van der Waals surface area contributed by atoms with E-state index in [9.17, 15) is 0 Å². The molecule has 2 atom stereocenters. The van der Waals surface area contributed by atoms with Crippen molar-refractivity contribution in [3.8, 4) is 5.75 Å². The van der Waals surface area contributed by atoms with Crippen LogP contribution in [0.4, 0.5) is 0 Å². The number of rotatable bonds is 5. The van der Waals surface area contributed by atoms with Gasteiger partial charge in [-0.15, -0.1) is 0 Å². The second-order valence-electron chi connectivity index (χ2n) is 5.36. The maximum absolute atomic E-state index is 6.36. The van der Waals surface area contributed by atoms with E-state index >= 15 is 0 Å². The Hall–Kier alpha value is -1.06. The number of ether oxygens (including phenoxy) is 1. The molecule has 0 heterocycles. The topological polar surface area (TPSA) is 61.3 Å². The highest BCUT2D eigenvalue weighted by Gasteiger charge is 2.22. The highest BCUT2D eigenvalue weighted by atomic mass is 16.5. The van der Waals surface area contributed by atoms with Crippen LogP contribution in [0.5, 0.6) is 5.75 Å². The molecule has 0 aliphatic carbocycles. The average Bonchev–Trinajstić information content (AvgIpc) is 2.28. The van der Waals surface area contributed by atoms with Crippen LogP contribution in [0.1, 0.15) is 36.6 Å². The molecule has 0 radical (unpaired) electrons. The quantitative estimate of drug-likeness (QED) is 0.844. The second kappa shape index (κ2) is 6.21. The Labute approximate surface area is 111 Å². The summed E-state index contributed by atoms with van der Waals surface area (Å²) in [6, 6.07) is 4.21. The van der Waals surface area contributed by atoms with E-state index in [4.69, 9.17) is 16.2 Å². The first kappa shape index (κ1) is 15.0. The van der Waals surface area contributed by atoms with Crippen LogP contribution in [-0.4, -0.2) is 13.7 Å². The number of benzene rings is 1. The van der Waals surface area contributed by atoms with Crippen LogP contribution in [0.25, 0.3) is 0 Å². The fourth-order valence-electron chi connectivity index (χ4n) is 2.58. The van der Waals surface area contributed by atoms with E-state index in [0.717, 1.165) is 22.4 Å². The summed E-state index contributed by atoms with van der Waals surface area (Å²) in [5.41, 5.74) is 15.6. The number of methoxy groups -OCH3 is 1. The Morgan fingerprint density at radius 2 is 1.67 bits per heavy atom. The van der Waals surface area contributed by atoms with Crippen molar-refractivity contribution in [3.63, 3.8) is 0 Å². The van der Waals surface area contributed by atoms with Crippen LogP contribution in [-0.2, 0) is 0 Å². The lowest BCUT2D eigenvalue weighted by atomic mass is 9.84. The lowest BCUT2D eigenvalue weighted by Gasteiger charge is -2.27. The Morgan fingerprint density at radius 3 is 2.00 bits per heavy atom. The molecule has 0 aromatic heterocycles. The number of nitrogens with two attached hydrogens (primary N) is 2. The number of hydrogen-bond donors (Lipinski definition) is 2. The Morgan fingerprint density at radius 1 is 1.17 bits per heavy atom. The number of hydrogen-bond acceptors (Lipinski definition) is 3. The van der Waals surface area contributed by atoms with Gasteiger partial charge >= 0.3 is 0 Å². The summed E-state index contributed by atoms with van der Waals surface area (Å²) in [6.45, 7) is 9.05. The van der Waals surface area contributed by atoms with Crippen molar-refractivity contribution in [2.24, 2.45) is 23.3 Å². The Kier molecular flexibility index (Phi) is 5.17. The van der Waals surface area contributed by atoms with Crippen LogP contribution >= 0.6 is 0 Å². The van der Waals surface area contributed by atoms with E-state index in [2.05, 4.69) is 39.8 Å². The molecule has 102 valence electrons. The maximum atomic E-state index is 6.36. The smallest absolute Gasteiger partial charge is 0.124 e. The Bertz CT molecular complexity index is 378. The first-order valence-electron chi connectivity index (χ1n) is 6.53. The third-order valence-corrected chi connectivity index (χ3v) is 3.66. The van der Waals surface area contributed by atoms with E-state index in [0.29, 0.717) is 18.4 Å². The molecule has 0 spiro atoms. The Balaban J connectivity index is 3.10. The minimum Gasteiger partial charge on any atom is -0.496 e. The lowest BCUT2D eigenvalue weighted by molar-refractivity contribution is 0.330. The van der Waals surface area contributed by atoms with Gasteiger partial charge in [-0.3, -0.25) is 0 Å². The van der Waals surface area contributed by atoms with Crippen LogP contribution in [0.2, 0.25) is 0 Å². The third kappa shape index (κ3) is 3.03. The van der Waals surface area contributed by atoms with Gasteiger partial charge in [0.1, 0.15) is 5.75 Å². The molecule has 0 saturated heterocycles. The van der Waals surface area contributed by atoms with E-state index < -0.39 is 0 Å². The molecule has 1 aromatic rings. The molecule has 1 rings (SSSR count). The van der Waals surface area contributed by atoms with Crippen LogP contribution in [0, 0.1) is 25.7 Å². The molecule has 0 aliphatic rings. The van der Waals surface area contributed by atoms with E-state index in [1.807, 2.05) is 0 Å². The van der Waals surface area contributed by atoms with E-state index in [1.165, 1.54) is 0 Å². The van der Waals surface area contributed by atoms with Crippen molar-refractivity contribution in [1.29, 1.82) is 0 Å². The average molecular weight is 250 g/mol. The molecular formula is C15H26N2O. The summed E-state index contributed by atoms with van der Waals surface area (Å²) in [4.78, 5) is 0. The fraction of sp³-hybridized carbons (Fsp3) is 0.600. The zero-order chi connectivity index (χ0) is 13.9.